The zero-order valence-electron chi connectivity index (χ0n) is 26.2. The number of hydrogen-bond acceptors (Lipinski definition) is 6. The second-order valence-corrected chi connectivity index (χ2v) is 12.8. The normalized spacial score (nSPS) is 11.3. The molecule has 0 amide bonds. The van der Waals surface area contributed by atoms with Crippen molar-refractivity contribution in [3.63, 3.8) is 0 Å². The van der Waals surface area contributed by atoms with Crippen LogP contribution < -0.4 is 0 Å². The molecule has 0 aliphatic heterocycles. The molecule has 3 aromatic heterocycles. The molecule has 5 nitrogen and oxygen atoms in total. The summed E-state index contributed by atoms with van der Waals surface area (Å²) in [7, 11) is 0. The van der Waals surface area contributed by atoms with Crippen LogP contribution >= 0.6 is 11.3 Å². The van der Waals surface area contributed by atoms with Crippen molar-refractivity contribution in [3.05, 3.63) is 164 Å². The maximum absolute atomic E-state index is 5.06. The first-order chi connectivity index (χ1) is 24.2. The van der Waals surface area contributed by atoms with Gasteiger partial charge >= 0.3 is 0 Å². The highest BCUT2D eigenvalue weighted by Gasteiger charge is 2.16. The number of fused-ring (bicyclic) bond motifs is 3. The van der Waals surface area contributed by atoms with E-state index in [0.29, 0.717) is 23.3 Å². The third-order valence-corrected chi connectivity index (χ3v) is 9.69. The van der Waals surface area contributed by atoms with E-state index in [1.54, 1.807) is 11.3 Å². The van der Waals surface area contributed by atoms with E-state index in [1.165, 1.54) is 20.2 Å². The molecule has 230 valence electrons. The summed E-state index contributed by atoms with van der Waals surface area (Å²) >= 11 is 1.77. The first-order valence-corrected chi connectivity index (χ1v) is 16.9. The first-order valence-electron chi connectivity index (χ1n) is 16.1. The van der Waals surface area contributed by atoms with Gasteiger partial charge in [-0.25, -0.2) is 24.9 Å². The summed E-state index contributed by atoms with van der Waals surface area (Å²) in [6, 6.07) is 55.8. The van der Waals surface area contributed by atoms with Gasteiger partial charge in [-0.05, 0) is 24.3 Å². The predicted molar refractivity (Wildman–Crippen MR) is 201 cm³/mol. The van der Waals surface area contributed by atoms with Gasteiger partial charge in [0.2, 0.25) is 0 Å². The van der Waals surface area contributed by atoms with Crippen LogP contribution in [0.2, 0.25) is 0 Å². The number of rotatable bonds is 6. The van der Waals surface area contributed by atoms with Gasteiger partial charge in [0.05, 0.1) is 11.4 Å². The van der Waals surface area contributed by atoms with Gasteiger partial charge in [-0.1, -0.05) is 140 Å². The minimum atomic E-state index is 0.649. The molecule has 0 saturated heterocycles. The maximum atomic E-state index is 5.06. The van der Waals surface area contributed by atoms with Crippen LogP contribution in [0.4, 0.5) is 0 Å². The Hall–Kier alpha value is -6.37. The Morgan fingerprint density at radius 2 is 0.735 bits per heavy atom. The highest BCUT2D eigenvalue weighted by Crippen LogP contribution is 2.39. The Bertz CT molecular complexity index is 2470. The van der Waals surface area contributed by atoms with E-state index in [2.05, 4.69) is 66.7 Å². The summed E-state index contributed by atoms with van der Waals surface area (Å²) in [6.07, 6.45) is 0. The van der Waals surface area contributed by atoms with Crippen LogP contribution in [-0.2, 0) is 0 Å². The van der Waals surface area contributed by atoms with Crippen LogP contribution in [0.25, 0.3) is 88.2 Å². The van der Waals surface area contributed by atoms with Crippen molar-refractivity contribution < 1.29 is 0 Å². The fourth-order valence-electron chi connectivity index (χ4n) is 6.08. The van der Waals surface area contributed by atoms with Crippen molar-refractivity contribution >= 4 is 31.5 Å². The van der Waals surface area contributed by atoms with Gasteiger partial charge in [-0.3, -0.25) is 0 Å². The molecule has 3 heterocycles. The SMILES string of the molecule is c1ccc(-c2cc(-c3ccc4sc5cc(-c6nc(-c7ccccc7)nc(-c7ccccc7)n6)ccc5c4c3)nc(-c3ccccc3)n2)cc1. The van der Waals surface area contributed by atoms with Gasteiger partial charge in [0.1, 0.15) is 0 Å². The van der Waals surface area contributed by atoms with Gasteiger partial charge in [0.25, 0.3) is 0 Å². The van der Waals surface area contributed by atoms with E-state index in [4.69, 9.17) is 24.9 Å². The summed E-state index contributed by atoms with van der Waals surface area (Å²) in [4.78, 5) is 24.8. The maximum Gasteiger partial charge on any atom is 0.164 e. The average molecular weight is 646 g/mol. The van der Waals surface area contributed by atoms with E-state index in [-0.39, 0.29) is 0 Å². The lowest BCUT2D eigenvalue weighted by molar-refractivity contribution is 1.07. The molecule has 0 aliphatic rings. The van der Waals surface area contributed by atoms with Crippen molar-refractivity contribution in [2.75, 3.05) is 0 Å². The lowest BCUT2D eigenvalue weighted by Gasteiger charge is -2.09. The van der Waals surface area contributed by atoms with Gasteiger partial charge in [0, 0.05) is 53.6 Å². The van der Waals surface area contributed by atoms with E-state index in [0.717, 1.165) is 44.8 Å². The molecular weight excluding hydrogens is 619 g/mol. The molecule has 6 aromatic carbocycles. The molecule has 0 radical (unpaired) electrons. The number of thiophene rings is 1. The summed E-state index contributed by atoms with van der Waals surface area (Å²) in [6.45, 7) is 0. The van der Waals surface area contributed by atoms with Crippen molar-refractivity contribution in [1.82, 2.24) is 24.9 Å². The molecule has 0 atom stereocenters. The molecule has 9 aromatic rings. The quantitative estimate of drug-likeness (QED) is 0.180. The van der Waals surface area contributed by atoms with Crippen LogP contribution in [0.1, 0.15) is 0 Å². The smallest absolute Gasteiger partial charge is 0.164 e. The molecule has 0 bridgehead atoms. The topological polar surface area (TPSA) is 64.5 Å². The second-order valence-electron chi connectivity index (χ2n) is 11.8. The minimum absolute atomic E-state index is 0.649. The standard InChI is InChI=1S/C43H27N5S/c1-5-13-28(14-6-1)36-27-37(45-40(44-36)29-15-7-2-8-16-29)32-22-24-38-35(25-32)34-23-21-33(26-39(34)49-38)43-47-41(30-17-9-3-10-18-30)46-42(48-43)31-19-11-4-12-20-31/h1-27H. The fraction of sp³-hybridized carbons (Fsp3) is 0. The van der Waals surface area contributed by atoms with E-state index < -0.39 is 0 Å². The molecular formula is C43H27N5S. The molecule has 0 aliphatic carbocycles. The molecule has 9 rings (SSSR count). The summed E-state index contributed by atoms with van der Waals surface area (Å²) in [5.74, 6) is 2.66. The van der Waals surface area contributed by atoms with Crippen LogP contribution in [0.5, 0.6) is 0 Å². The molecule has 0 fully saturated rings. The summed E-state index contributed by atoms with van der Waals surface area (Å²) < 4.78 is 2.38. The first kappa shape index (κ1) is 28.8. The number of aromatic nitrogens is 5. The fourth-order valence-corrected chi connectivity index (χ4v) is 7.21. The lowest BCUT2D eigenvalue weighted by Crippen LogP contribution is -1.99. The van der Waals surface area contributed by atoms with Crippen molar-refractivity contribution in [2.24, 2.45) is 0 Å². The highest BCUT2D eigenvalue weighted by atomic mass is 32.1. The number of nitrogens with zero attached hydrogens (tertiary/aromatic N) is 5. The highest BCUT2D eigenvalue weighted by molar-refractivity contribution is 7.25. The molecule has 0 N–H and O–H groups in total. The summed E-state index contributed by atoms with van der Waals surface area (Å²) in [5, 5.41) is 2.38. The predicted octanol–water partition coefficient (Wildman–Crippen LogP) is 11.0. The average Bonchev–Trinajstić information content (AvgIpc) is 3.56. The van der Waals surface area contributed by atoms with Gasteiger partial charge < -0.3 is 0 Å². The van der Waals surface area contributed by atoms with Crippen LogP contribution in [-0.4, -0.2) is 24.9 Å². The Labute approximate surface area is 287 Å². The van der Waals surface area contributed by atoms with Crippen LogP contribution in [0, 0.1) is 0 Å². The van der Waals surface area contributed by atoms with Gasteiger partial charge in [0.15, 0.2) is 23.3 Å². The third kappa shape index (κ3) is 5.64. The van der Waals surface area contributed by atoms with Gasteiger partial charge in [-0.15, -0.1) is 11.3 Å². The zero-order chi connectivity index (χ0) is 32.6. The van der Waals surface area contributed by atoms with Crippen molar-refractivity contribution in [1.29, 1.82) is 0 Å². The lowest BCUT2D eigenvalue weighted by atomic mass is 10.0. The largest absolute Gasteiger partial charge is 0.228 e. The van der Waals surface area contributed by atoms with E-state index in [1.807, 2.05) is 97.1 Å². The Morgan fingerprint density at radius 1 is 0.286 bits per heavy atom. The van der Waals surface area contributed by atoms with Crippen LogP contribution in [0.15, 0.2) is 164 Å². The minimum Gasteiger partial charge on any atom is -0.228 e. The Kier molecular flexibility index (Phi) is 7.26. The van der Waals surface area contributed by atoms with Crippen LogP contribution in [0.3, 0.4) is 0 Å². The molecule has 6 heteroatoms. The molecule has 0 saturated carbocycles. The summed E-state index contributed by atoms with van der Waals surface area (Å²) in [5.41, 5.74) is 7.73. The zero-order valence-corrected chi connectivity index (χ0v) is 27.0. The Morgan fingerprint density at radius 3 is 1.29 bits per heavy atom. The van der Waals surface area contributed by atoms with E-state index >= 15 is 0 Å². The second kappa shape index (κ2) is 12.3. The van der Waals surface area contributed by atoms with Gasteiger partial charge in [-0.2, -0.15) is 0 Å². The molecule has 0 unspecified atom stereocenters. The van der Waals surface area contributed by atoms with Crippen molar-refractivity contribution in [2.45, 2.75) is 0 Å². The number of hydrogen-bond donors (Lipinski definition) is 0. The van der Waals surface area contributed by atoms with Crippen molar-refractivity contribution in [3.8, 4) is 68.1 Å². The van der Waals surface area contributed by atoms with E-state index in [9.17, 15) is 0 Å². The number of benzene rings is 6. The monoisotopic (exact) mass is 645 g/mol. The Balaban J connectivity index is 1.15. The molecule has 49 heavy (non-hydrogen) atoms. The third-order valence-electron chi connectivity index (χ3n) is 8.55. The molecule has 0 spiro atoms.